The lowest BCUT2D eigenvalue weighted by molar-refractivity contribution is -0.384. The lowest BCUT2D eigenvalue weighted by Crippen LogP contribution is -2.70. The second-order valence-electron chi connectivity index (χ2n) is 9.23. The first kappa shape index (κ1) is 28.0. The highest BCUT2D eigenvalue weighted by Gasteiger charge is 2.61. The molecule has 13 nitrogen and oxygen atoms in total. The number of thiazole rings is 1. The van der Waals surface area contributed by atoms with Gasteiger partial charge in [0.2, 0.25) is 11.8 Å². The Labute approximate surface area is 241 Å². The third-order valence-electron chi connectivity index (χ3n) is 6.42. The summed E-state index contributed by atoms with van der Waals surface area (Å²) in [6.45, 7) is 1.13. The van der Waals surface area contributed by atoms with Crippen molar-refractivity contribution < 1.29 is 33.6 Å². The van der Waals surface area contributed by atoms with Gasteiger partial charge >= 0.3 is 11.9 Å². The fourth-order valence-electron chi connectivity index (χ4n) is 4.57. The van der Waals surface area contributed by atoms with Crippen molar-refractivity contribution in [3.8, 4) is 5.75 Å². The molecular formula is C26H23N5O8S2. The Kier molecular flexibility index (Phi) is 7.90. The topological polar surface area (TPSA) is 184 Å². The Balaban J connectivity index is 1.32. The number of nitrogens with zero attached hydrogens (tertiary/aromatic N) is 3. The number of nitrogen functional groups attached to an aromatic ring is 1. The Morgan fingerprint density at radius 2 is 1.85 bits per heavy atom. The molecule has 3 heterocycles. The Morgan fingerprint density at radius 1 is 1.15 bits per heavy atom. The number of carbonyl (C=O) groups is 4. The number of β-lactam (4-membered cyclic amide) rings is 1. The second kappa shape index (κ2) is 11.5. The number of thioether (sulfide) groups is 1. The Morgan fingerprint density at radius 3 is 2.46 bits per heavy atom. The predicted molar refractivity (Wildman–Crippen MR) is 148 cm³/mol. The van der Waals surface area contributed by atoms with Gasteiger partial charge in [-0.3, -0.25) is 24.5 Å². The van der Waals surface area contributed by atoms with Crippen molar-refractivity contribution in [3.63, 3.8) is 0 Å². The smallest absolute Gasteiger partial charge is 0.330 e. The molecule has 2 fully saturated rings. The molecule has 0 saturated carbocycles. The van der Waals surface area contributed by atoms with Gasteiger partial charge in [-0.2, -0.15) is 0 Å². The van der Waals surface area contributed by atoms with Gasteiger partial charge < -0.3 is 25.4 Å². The molecule has 41 heavy (non-hydrogen) atoms. The highest BCUT2D eigenvalue weighted by Crippen LogP contribution is 2.52. The number of carbonyl (C=O) groups excluding carboxylic acids is 4. The first-order chi connectivity index (χ1) is 19.6. The summed E-state index contributed by atoms with van der Waals surface area (Å²) in [5.74, 6) is -1.64. The minimum Gasteiger partial charge on any atom is -0.459 e. The summed E-state index contributed by atoms with van der Waals surface area (Å²) in [7, 11) is 0. The largest absolute Gasteiger partial charge is 0.459 e. The van der Waals surface area contributed by atoms with Crippen LogP contribution >= 0.6 is 23.1 Å². The SMILES string of the molecule is CC(=O)Oc1ccc([C@H]2S[C@@H]3[C@H](NC(=O)Cc4csc(N)n4)C(=O)N3[C@H]2C(=O)OCc2ccc([N+](=O)[O-])cc2)cc1. The van der Waals surface area contributed by atoms with Crippen molar-refractivity contribution in [2.75, 3.05) is 5.73 Å². The molecule has 0 unspecified atom stereocenters. The van der Waals surface area contributed by atoms with Crippen molar-refractivity contribution in [1.82, 2.24) is 15.2 Å². The summed E-state index contributed by atoms with van der Waals surface area (Å²) < 4.78 is 10.6. The number of benzene rings is 2. The zero-order valence-electron chi connectivity index (χ0n) is 21.4. The van der Waals surface area contributed by atoms with Gasteiger partial charge in [-0.05, 0) is 35.4 Å². The van der Waals surface area contributed by atoms with Crippen LogP contribution < -0.4 is 15.8 Å². The van der Waals surface area contributed by atoms with E-state index in [4.69, 9.17) is 15.2 Å². The van der Waals surface area contributed by atoms with Crippen LogP contribution in [0.4, 0.5) is 10.8 Å². The number of aromatic nitrogens is 1. The van der Waals surface area contributed by atoms with Crippen molar-refractivity contribution in [2.24, 2.45) is 0 Å². The highest BCUT2D eigenvalue weighted by molar-refractivity contribution is 8.00. The summed E-state index contributed by atoms with van der Waals surface area (Å²) in [5, 5.41) is 14.6. The minimum atomic E-state index is -0.999. The van der Waals surface area contributed by atoms with E-state index in [9.17, 15) is 29.3 Å². The van der Waals surface area contributed by atoms with E-state index in [1.807, 2.05) is 0 Å². The molecule has 0 radical (unpaired) electrons. The van der Waals surface area contributed by atoms with Crippen LogP contribution in [0.3, 0.4) is 0 Å². The normalized spacial score (nSPS) is 21.0. The lowest BCUT2D eigenvalue weighted by atomic mass is 9.98. The summed E-state index contributed by atoms with van der Waals surface area (Å²) in [6, 6.07) is 10.3. The fourth-order valence-corrected chi connectivity index (χ4v) is 6.84. The second-order valence-corrected chi connectivity index (χ2v) is 11.4. The van der Waals surface area contributed by atoms with Gasteiger partial charge in [-0.1, -0.05) is 12.1 Å². The number of hydrogen-bond acceptors (Lipinski definition) is 12. The van der Waals surface area contributed by atoms with E-state index in [1.54, 1.807) is 29.6 Å². The Hall–Kier alpha value is -4.50. The molecule has 2 aliphatic rings. The molecule has 2 amide bonds. The van der Waals surface area contributed by atoms with E-state index < -0.39 is 51.4 Å². The number of ether oxygens (including phenoxy) is 2. The number of amides is 2. The fraction of sp³-hybridized carbons (Fsp3) is 0.269. The molecule has 2 aromatic carbocycles. The molecule has 15 heteroatoms. The molecule has 4 atom stereocenters. The average Bonchev–Trinajstić information content (AvgIpc) is 3.51. The molecule has 2 saturated heterocycles. The summed E-state index contributed by atoms with van der Waals surface area (Å²) in [5.41, 5.74) is 7.25. The zero-order valence-corrected chi connectivity index (χ0v) is 23.1. The molecular weight excluding hydrogens is 574 g/mol. The minimum absolute atomic E-state index is 0.0450. The zero-order chi connectivity index (χ0) is 29.3. The number of hydrogen-bond donors (Lipinski definition) is 2. The molecule has 0 bridgehead atoms. The van der Waals surface area contributed by atoms with Crippen LogP contribution in [0, 0.1) is 10.1 Å². The van der Waals surface area contributed by atoms with E-state index in [2.05, 4.69) is 10.3 Å². The van der Waals surface area contributed by atoms with E-state index in [0.717, 1.165) is 0 Å². The van der Waals surface area contributed by atoms with Crippen molar-refractivity contribution >= 4 is 57.7 Å². The average molecular weight is 598 g/mol. The van der Waals surface area contributed by atoms with Gasteiger partial charge in [0.1, 0.15) is 29.8 Å². The van der Waals surface area contributed by atoms with Crippen molar-refractivity contribution in [1.29, 1.82) is 0 Å². The van der Waals surface area contributed by atoms with Crippen LogP contribution in [0.1, 0.15) is 29.0 Å². The molecule has 2 aliphatic heterocycles. The van der Waals surface area contributed by atoms with Crippen LogP contribution in [0.5, 0.6) is 5.75 Å². The van der Waals surface area contributed by atoms with Crippen molar-refractivity contribution in [2.45, 2.75) is 42.7 Å². The highest BCUT2D eigenvalue weighted by atomic mass is 32.2. The van der Waals surface area contributed by atoms with Crippen LogP contribution in [0.2, 0.25) is 0 Å². The van der Waals surface area contributed by atoms with Gasteiger partial charge in [0.05, 0.1) is 22.3 Å². The number of fused-ring (bicyclic) bond motifs is 1. The van der Waals surface area contributed by atoms with Gasteiger partial charge in [0.25, 0.3) is 5.69 Å². The van der Waals surface area contributed by atoms with Crippen LogP contribution in [0.25, 0.3) is 0 Å². The van der Waals surface area contributed by atoms with Gasteiger partial charge in [0, 0.05) is 24.4 Å². The van der Waals surface area contributed by atoms with Crippen LogP contribution in [-0.2, 0) is 36.9 Å². The predicted octanol–water partition coefficient (Wildman–Crippen LogP) is 2.35. The molecule has 5 rings (SSSR count). The molecule has 3 aromatic rings. The number of nitro groups is 1. The molecule has 1 aromatic heterocycles. The summed E-state index contributed by atoms with van der Waals surface area (Å²) in [4.78, 5) is 66.4. The van der Waals surface area contributed by atoms with Crippen LogP contribution in [0.15, 0.2) is 53.9 Å². The number of anilines is 1. The van der Waals surface area contributed by atoms with Crippen molar-refractivity contribution in [3.05, 3.63) is 80.8 Å². The van der Waals surface area contributed by atoms with E-state index in [1.165, 1.54) is 59.2 Å². The van der Waals surface area contributed by atoms with Gasteiger partial charge in [-0.25, -0.2) is 9.78 Å². The van der Waals surface area contributed by atoms with E-state index in [0.29, 0.717) is 27.7 Å². The first-order valence-electron chi connectivity index (χ1n) is 12.3. The maximum absolute atomic E-state index is 13.4. The van der Waals surface area contributed by atoms with Crippen LogP contribution in [-0.4, -0.2) is 56.0 Å². The number of non-ortho nitro benzene ring substituents is 1. The number of nitro benzene ring substituents is 1. The van der Waals surface area contributed by atoms with E-state index >= 15 is 0 Å². The third-order valence-corrected chi connectivity index (χ3v) is 8.74. The molecule has 0 aliphatic carbocycles. The first-order valence-corrected chi connectivity index (χ1v) is 14.1. The standard InChI is InChI=1S/C26H23N5O8S2/c1-13(32)39-18-8-4-15(5-9-18)22-21(25(35)38-11-14-2-6-17(7-3-14)31(36)37)30-23(34)20(24(30)41-22)29-19(33)10-16-12-40-26(27)28-16/h2-9,12,20-22,24H,10-11H2,1H3,(H2,27,28)(H,29,33)/t20-,21-,22-,24-/m1/s1. The van der Waals surface area contributed by atoms with E-state index in [-0.39, 0.29) is 18.7 Å². The lowest BCUT2D eigenvalue weighted by Gasteiger charge is -2.43. The van der Waals surface area contributed by atoms with Gasteiger partial charge in [0.15, 0.2) is 5.13 Å². The monoisotopic (exact) mass is 597 g/mol. The molecule has 3 N–H and O–H groups in total. The number of esters is 2. The van der Waals surface area contributed by atoms with Gasteiger partial charge in [-0.15, -0.1) is 23.1 Å². The quantitative estimate of drug-likeness (QED) is 0.121. The number of rotatable bonds is 9. The molecule has 212 valence electrons. The number of nitrogens with one attached hydrogen (secondary N) is 1. The Bertz CT molecular complexity index is 1510. The third kappa shape index (κ3) is 6.00. The maximum Gasteiger partial charge on any atom is 0.330 e. The summed E-state index contributed by atoms with van der Waals surface area (Å²) in [6.07, 6.45) is -0.0450. The molecule has 0 spiro atoms. The summed E-state index contributed by atoms with van der Waals surface area (Å²) >= 11 is 2.54. The number of nitrogens with two attached hydrogens (primary N) is 1. The maximum atomic E-state index is 13.4.